The second-order valence-corrected chi connectivity index (χ2v) is 11.3. The molecule has 1 fully saturated rings. The van der Waals surface area contributed by atoms with Crippen LogP contribution < -0.4 is 10.6 Å². The second kappa shape index (κ2) is 13.9. The molecule has 0 spiro atoms. The van der Waals surface area contributed by atoms with Crippen molar-refractivity contribution in [3.63, 3.8) is 0 Å². The largest absolute Gasteiger partial charge is 0.508 e. The van der Waals surface area contributed by atoms with Crippen LogP contribution >= 0.6 is 11.6 Å². The molecule has 1 aliphatic heterocycles. The number of fused-ring (bicyclic) bond motifs is 2. The van der Waals surface area contributed by atoms with Crippen molar-refractivity contribution < 1.29 is 9.50 Å². The third-order valence-electron chi connectivity index (χ3n) is 8.00. The summed E-state index contributed by atoms with van der Waals surface area (Å²) in [5, 5.41) is 21.7. The van der Waals surface area contributed by atoms with Gasteiger partial charge in [-0.3, -0.25) is 0 Å². The van der Waals surface area contributed by atoms with E-state index >= 15 is 0 Å². The molecule has 0 saturated carbocycles. The fraction of sp³-hybridized carbons (Fsp3) is 0.222. The number of hydrogen-bond donors (Lipinski definition) is 3. The van der Waals surface area contributed by atoms with Gasteiger partial charge in [0, 0.05) is 29.2 Å². The molecular formula is C36H36ClFN4O. The first-order valence-corrected chi connectivity index (χ1v) is 14.8. The van der Waals surface area contributed by atoms with Gasteiger partial charge in [0.2, 0.25) is 0 Å². The highest BCUT2D eigenvalue weighted by molar-refractivity contribution is 6.34. The number of aromatic hydroxyl groups is 1. The standard InChI is InChI=1S/C36H36ClFN4O/c1-23(30-14-8-11-24-9-4-6-12-31(24)30)34(37)19-26(17-27-15-16-28(41-27)22-39-2)35(21-38)42-36(40-3)33-20-29(43)18-25-10-5-7-13-32(25)33/h4-14,18-21,27-28,39,41,43H,3,15-17,22H2,1-2H3/b26-19+,34-23-,35-21-,42-36-. The number of allylic oxidation sites excluding steroid dienone is 4. The van der Waals surface area contributed by atoms with Crippen LogP contribution in [0, 0.1) is 0 Å². The maximum absolute atomic E-state index is 14.9. The van der Waals surface area contributed by atoms with Crippen LogP contribution in [0.5, 0.6) is 5.75 Å². The first kappa shape index (κ1) is 30.4. The van der Waals surface area contributed by atoms with Crippen molar-refractivity contribution in [1.29, 1.82) is 0 Å². The number of nitrogens with one attached hydrogen (secondary N) is 2. The summed E-state index contributed by atoms with van der Waals surface area (Å²) in [6.45, 7) is 6.56. The van der Waals surface area contributed by atoms with Crippen molar-refractivity contribution in [2.24, 2.45) is 9.98 Å². The summed E-state index contributed by atoms with van der Waals surface area (Å²) in [5.41, 5.74) is 3.20. The predicted molar refractivity (Wildman–Crippen MR) is 180 cm³/mol. The summed E-state index contributed by atoms with van der Waals surface area (Å²) in [5.74, 6) is 0.272. The quantitative estimate of drug-likeness (QED) is 0.104. The van der Waals surface area contributed by atoms with Gasteiger partial charge in [0.05, 0.1) is 5.70 Å². The Kier molecular flexibility index (Phi) is 9.82. The van der Waals surface area contributed by atoms with Crippen LogP contribution in [-0.4, -0.2) is 43.3 Å². The van der Waals surface area contributed by atoms with E-state index < -0.39 is 0 Å². The molecule has 2 atom stereocenters. The second-order valence-electron chi connectivity index (χ2n) is 10.9. The summed E-state index contributed by atoms with van der Waals surface area (Å²) in [6, 6.07) is 25.6. The maximum Gasteiger partial charge on any atom is 0.160 e. The van der Waals surface area contributed by atoms with Gasteiger partial charge < -0.3 is 15.7 Å². The Morgan fingerprint density at radius 3 is 2.40 bits per heavy atom. The summed E-state index contributed by atoms with van der Waals surface area (Å²) >= 11 is 7.02. The van der Waals surface area contributed by atoms with Crippen LogP contribution in [0.4, 0.5) is 4.39 Å². The van der Waals surface area contributed by atoms with E-state index in [4.69, 9.17) is 11.6 Å². The molecule has 0 aliphatic carbocycles. The van der Waals surface area contributed by atoms with Crippen molar-refractivity contribution in [3.05, 3.63) is 119 Å². The van der Waals surface area contributed by atoms with Gasteiger partial charge in [-0.2, -0.15) is 0 Å². The monoisotopic (exact) mass is 594 g/mol. The lowest BCUT2D eigenvalue weighted by atomic mass is 9.97. The molecule has 220 valence electrons. The van der Waals surface area contributed by atoms with Crippen molar-refractivity contribution >= 4 is 51.3 Å². The number of likely N-dealkylation sites (N-methyl/N-ethyl adjacent to an activating group) is 1. The molecule has 5 rings (SSSR count). The van der Waals surface area contributed by atoms with Crippen LogP contribution in [0.1, 0.15) is 37.3 Å². The third-order valence-corrected chi connectivity index (χ3v) is 8.39. The fourth-order valence-corrected chi connectivity index (χ4v) is 6.09. The molecule has 0 bridgehead atoms. The van der Waals surface area contributed by atoms with E-state index in [-0.39, 0.29) is 23.3 Å². The third kappa shape index (κ3) is 6.94. The number of rotatable bonds is 9. The molecule has 4 aromatic rings. The van der Waals surface area contributed by atoms with Crippen molar-refractivity contribution in [2.45, 2.75) is 38.3 Å². The number of phenolic OH excluding ortho intramolecular Hbond substituents is 1. The van der Waals surface area contributed by atoms with E-state index in [2.05, 4.69) is 45.5 Å². The van der Waals surface area contributed by atoms with Crippen molar-refractivity contribution in [2.75, 3.05) is 13.6 Å². The number of aliphatic imine (C=N–C) groups is 2. The Morgan fingerprint density at radius 1 is 1.00 bits per heavy atom. The van der Waals surface area contributed by atoms with Crippen LogP contribution in [0.15, 0.2) is 118 Å². The van der Waals surface area contributed by atoms with Gasteiger partial charge in [0.15, 0.2) is 5.84 Å². The smallest absolute Gasteiger partial charge is 0.160 e. The minimum absolute atomic E-state index is 0.0639. The Hall–Kier alpha value is -4.10. The number of halogens is 2. The van der Waals surface area contributed by atoms with Gasteiger partial charge in [-0.25, -0.2) is 14.4 Å². The van der Waals surface area contributed by atoms with Gasteiger partial charge in [-0.1, -0.05) is 78.3 Å². The molecule has 0 radical (unpaired) electrons. The summed E-state index contributed by atoms with van der Waals surface area (Å²) in [7, 11) is 1.94. The molecule has 7 heteroatoms. The number of hydrogen-bond acceptors (Lipinski definition) is 4. The zero-order valence-electron chi connectivity index (χ0n) is 24.4. The van der Waals surface area contributed by atoms with E-state index in [0.29, 0.717) is 35.0 Å². The molecule has 5 nitrogen and oxygen atoms in total. The van der Waals surface area contributed by atoms with E-state index in [1.165, 1.54) is 0 Å². The highest BCUT2D eigenvalue weighted by atomic mass is 35.5. The first-order chi connectivity index (χ1) is 20.9. The van der Waals surface area contributed by atoms with E-state index in [1.807, 2.05) is 68.6 Å². The highest BCUT2D eigenvalue weighted by Gasteiger charge is 2.25. The van der Waals surface area contributed by atoms with Gasteiger partial charge in [0.25, 0.3) is 0 Å². The normalized spacial score (nSPS) is 18.7. The summed E-state index contributed by atoms with van der Waals surface area (Å²) in [4.78, 5) is 8.85. The minimum Gasteiger partial charge on any atom is -0.508 e. The Labute approximate surface area is 257 Å². The molecule has 4 aromatic carbocycles. The Morgan fingerprint density at radius 2 is 1.67 bits per heavy atom. The molecule has 2 unspecified atom stereocenters. The van der Waals surface area contributed by atoms with Crippen LogP contribution in [0.25, 0.3) is 27.1 Å². The molecular weight excluding hydrogens is 559 g/mol. The number of phenols is 1. The molecule has 1 saturated heterocycles. The Bertz CT molecular complexity index is 1770. The van der Waals surface area contributed by atoms with Gasteiger partial charge in [-0.15, -0.1) is 0 Å². The fourth-order valence-electron chi connectivity index (χ4n) is 5.86. The lowest BCUT2D eigenvalue weighted by molar-refractivity contribution is 0.476. The summed E-state index contributed by atoms with van der Waals surface area (Å²) < 4.78 is 14.9. The zero-order valence-corrected chi connectivity index (χ0v) is 25.2. The lowest BCUT2D eigenvalue weighted by Crippen LogP contribution is -2.36. The lowest BCUT2D eigenvalue weighted by Gasteiger charge is -2.17. The number of nitrogens with zero attached hydrogens (tertiary/aromatic N) is 2. The minimum atomic E-state index is 0.0639. The van der Waals surface area contributed by atoms with Gasteiger partial charge in [0.1, 0.15) is 12.1 Å². The molecule has 0 aromatic heterocycles. The SMILES string of the molecule is C=N\C(=N/C(=C\F)C(=C/C(Cl)=C(\C)c1cccc2ccccc12)/CC1CCC(CNC)N1)c1cc(O)cc2ccccc12. The average Bonchev–Trinajstić information content (AvgIpc) is 3.47. The molecule has 0 amide bonds. The molecule has 1 aliphatic rings. The van der Waals surface area contributed by atoms with Crippen LogP contribution in [0.3, 0.4) is 0 Å². The molecule has 43 heavy (non-hydrogen) atoms. The van der Waals surface area contributed by atoms with Gasteiger partial charge >= 0.3 is 0 Å². The topological polar surface area (TPSA) is 69.0 Å². The Balaban J connectivity index is 1.60. The molecule has 3 N–H and O–H groups in total. The van der Waals surface area contributed by atoms with Crippen LogP contribution in [-0.2, 0) is 0 Å². The van der Waals surface area contributed by atoms with Gasteiger partial charge in [-0.05, 0) is 96.4 Å². The highest BCUT2D eigenvalue weighted by Crippen LogP contribution is 2.33. The predicted octanol–water partition coefficient (Wildman–Crippen LogP) is 8.28. The number of amidine groups is 1. The maximum atomic E-state index is 14.9. The van der Waals surface area contributed by atoms with Crippen LogP contribution in [0.2, 0.25) is 0 Å². The van der Waals surface area contributed by atoms with Crippen molar-refractivity contribution in [1.82, 2.24) is 10.6 Å². The van der Waals surface area contributed by atoms with E-state index in [0.717, 1.165) is 52.1 Å². The zero-order chi connectivity index (χ0) is 30.3. The molecule has 1 heterocycles. The number of benzene rings is 4. The van der Waals surface area contributed by atoms with E-state index in [1.54, 1.807) is 12.1 Å². The summed E-state index contributed by atoms with van der Waals surface area (Å²) in [6.07, 6.45) is 4.80. The first-order valence-electron chi connectivity index (χ1n) is 14.5. The van der Waals surface area contributed by atoms with Crippen molar-refractivity contribution in [3.8, 4) is 5.75 Å². The van der Waals surface area contributed by atoms with E-state index in [9.17, 15) is 9.50 Å². The average molecular weight is 595 g/mol.